The lowest BCUT2D eigenvalue weighted by Crippen LogP contribution is -2.09. The molecule has 17 heavy (non-hydrogen) atoms. The van der Waals surface area contributed by atoms with Crippen molar-refractivity contribution >= 4 is 0 Å². The molecule has 0 amide bonds. The average molecular weight is 238 g/mol. The van der Waals surface area contributed by atoms with Crippen LogP contribution in [0.3, 0.4) is 0 Å². The third kappa shape index (κ3) is 2.75. The smallest absolute Gasteiger partial charge is 0.437 e. The molecular weight excluding hydrogens is 231 g/mol. The number of hydrogen-bond donors (Lipinski definition) is 0. The number of benzene rings is 1. The van der Waals surface area contributed by atoms with E-state index in [-0.39, 0.29) is 5.75 Å². The quantitative estimate of drug-likeness (QED) is 0.795. The lowest BCUT2D eigenvalue weighted by molar-refractivity contribution is -0.142. The number of nitrogens with zero attached hydrogens (tertiary/aromatic N) is 1. The van der Waals surface area contributed by atoms with Crippen molar-refractivity contribution in [1.29, 1.82) is 0 Å². The van der Waals surface area contributed by atoms with Gasteiger partial charge in [0.25, 0.3) is 0 Å². The van der Waals surface area contributed by atoms with Crippen molar-refractivity contribution in [2.75, 3.05) is 0 Å². The van der Waals surface area contributed by atoms with Crippen molar-refractivity contribution in [2.45, 2.75) is 6.18 Å². The van der Waals surface area contributed by atoms with Gasteiger partial charge in [-0.2, -0.15) is 13.2 Å². The van der Waals surface area contributed by atoms with Gasteiger partial charge in [-0.3, -0.25) is 0 Å². The zero-order chi connectivity index (χ0) is 12.3. The standard InChI is InChI=1S/C12H7F3NO/c13-12(14,15)11-10(7-4-8-16-11)17-9-5-2-1-3-6-9/h2-8H. The van der Waals surface area contributed by atoms with Crippen LogP contribution in [0.5, 0.6) is 11.5 Å². The summed E-state index contributed by atoms with van der Waals surface area (Å²) in [5, 5.41) is 0. The summed E-state index contributed by atoms with van der Waals surface area (Å²) in [7, 11) is 0. The van der Waals surface area contributed by atoms with Crippen molar-refractivity contribution in [3.8, 4) is 11.5 Å². The van der Waals surface area contributed by atoms with Crippen LogP contribution in [-0.4, -0.2) is 4.98 Å². The van der Waals surface area contributed by atoms with E-state index in [9.17, 15) is 13.2 Å². The minimum atomic E-state index is -4.53. The number of halogens is 3. The van der Waals surface area contributed by atoms with Crippen molar-refractivity contribution in [3.05, 3.63) is 54.4 Å². The van der Waals surface area contributed by atoms with Gasteiger partial charge >= 0.3 is 6.18 Å². The highest BCUT2D eigenvalue weighted by Gasteiger charge is 2.36. The van der Waals surface area contributed by atoms with E-state index in [0.717, 1.165) is 6.20 Å². The highest BCUT2D eigenvalue weighted by Crippen LogP contribution is 2.35. The lowest BCUT2D eigenvalue weighted by atomic mass is 10.3. The Bertz CT molecular complexity index is 497. The second kappa shape index (κ2) is 4.45. The number of rotatable bonds is 2. The third-order valence-electron chi connectivity index (χ3n) is 1.95. The van der Waals surface area contributed by atoms with E-state index in [1.807, 2.05) is 0 Å². The Labute approximate surface area is 95.7 Å². The van der Waals surface area contributed by atoms with Crippen LogP contribution in [-0.2, 0) is 6.18 Å². The van der Waals surface area contributed by atoms with Crippen LogP contribution in [0, 0.1) is 6.07 Å². The van der Waals surface area contributed by atoms with Gasteiger partial charge in [0.15, 0.2) is 11.4 Å². The van der Waals surface area contributed by atoms with Crippen LogP contribution in [0.4, 0.5) is 13.2 Å². The molecular formula is C12H7F3NO. The molecule has 0 aliphatic carbocycles. The van der Waals surface area contributed by atoms with Crippen molar-refractivity contribution < 1.29 is 17.9 Å². The molecule has 0 N–H and O–H groups in total. The molecule has 1 aromatic heterocycles. The molecule has 2 rings (SSSR count). The molecule has 5 heteroatoms. The van der Waals surface area contributed by atoms with Gasteiger partial charge in [-0.05, 0) is 30.3 Å². The maximum Gasteiger partial charge on any atom is 0.437 e. The third-order valence-corrected chi connectivity index (χ3v) is 1.95. The fraction of sp³-hybridized carbons (Fsp3) is 0.0833. The molecule has 0 saturated heterocycles. The Morgan fingerprint density at radius 3 is 2.47 bits per heavy atom. The first-order valence-electron chi connectivity index (χ1n) is 4.73. The molecule has 1 radical (unpaired) electrons. The van der Waals surface area contributed by atoms with Crippen LogP contribution >= 0.6 is 0 Å². The first-order valence-corrected chi connectivity index (χ1v) is 4.73. The maximum atomic E-state index is 12.6. The first kappa shape index (κ1) is 11.4. The van der Waals surface area contributed by atoms with Gasteiger partial charge in [0.2, 0.25) is 0 Å². The Morgan fingerprint density at radius 2 is 1.82 bits per heavy atom. The minimum absolute atomic E-state index is 0.308. The number of aromatic nitrogens is 1. The number of ether oxygens (including phenoxy) is 1. The van der Waals surface area contributed by atoms with E-state index < -0.39 is 11.9 Å². The average Bonchev–Trinajstić information content (AvgIpc) is 2.30. The molecule has 1 aromatic carbocycles. The highest BCUT2D eigenvalue weighted by molar-refractivity contribution is 5.34. The van der Waals surface area contributed by atoms with Crippen molar-refractivity contribution in [2.24, 2.45) is 0 Å². The molecule has 0 unspecified atom stereocenters. The Morgan fingerprint density at radius 1 is 1.12 bits per heavy atom. The molecule has 0 aliphatic rings. The predicted octanol–water partition coefficient (Wildman–Crippen LogP) is 3.69. The highest BCUT2D eigenvalue weighted by atomic mass is 19.4. The van der Waals surface area contributed by atoms with Gasteiger partial charge in [0.1, 0.15) is 5.75 Å². The molecule has 2 nitrogen and oxygen atoms in total. The zero-order valence-electron chi connectivity index (χ0n) is 8.53. The van der Waals surface area contributed by atoms with Gasteiger partial charge in [-0.15, -0.1) is 0 Å². The molecule has 1 heterocycles. The maximum absolute atomic E-state index is 12.6. The fourth-order valence-corrected chi connectivity index (χ4v) is 1.25. The summed E-state index contributed by atoms with van der Waals surface area (Å²) in [5.74, 6) is -0.00606. The van der Waals surface area contributed by atoms with Crippen LogP contribution in [0.15, 0.2) is 42.6 Å². The molecule has 0 aliphatic heterocycles. The van der Waals surface area contributed by atoms with E-state index in [1.54, 1.807) is 12.1 Å². The normalized spacial score (nSPS) is 11.2. The first-order chi connectivity index (χ1) is 8.07. The summed E-state index contributed by atoms with van der Waals surface area (Å²) in [4.78, 5) is 3.29. The molecule has 0 bridgehead atoms. The summed E-state index contributed by atoms with van der Waals surface area (Å²) in [6.45, 7) is 0. The Balaban J connectivity index is 2.34. The summed E-state index contributed by atoms with van der Waals surface area (Å²) >= 11 is 0. The number of alkyl halides is 3. The fourth-order valence-electron chi connectivity index (χ4n) is 1.25. The number of hydrogen-bond acceptors (Lipinski definition) is 2. The Hall–Kier alpha value is -2.04. The topological polar surface area (TPSA) is 22.1 Å². The van der Waals surface area contributed by atoms with E-state index in [0.29, 0.717) is 5.75 Å². The van der Waals surface area contributed by atoms with Crippen LogP contribution in [0.1, 0.15) is 5.69 Å². The van der Waals surface area contributed by atoms with Gasteiger partial charge < -0.3 is 4.74 Å². The second-order valence-corrected chi connectivity index (χ2v) is 3.19. The SMILES string of the molecule is FC(F)(F)c1ncccc1Oc1cc[c]cc1. The van der Waals surface area contributed by atoms with E-state index in [2.05, 4.69) is 11.1 Å². The number of pyridine rings is 1. The van der Waals surface area contributed by atoms with Crippen molar-refractivity contribution in [1.82, 2.24) is 4.98 Å². The van der Waals surface area contributed by atoms with Gasteiger partial charge in [-0.1, -0.05) is 12.1 Å². The van der Waals surface area contributed by atoms with Crippen LogP contribution in [0.25, 0.3) is 0 Å². The van der Waals surface area contributed by atoms with E-state index in [1.165, 1.54) is 24.3 Å². The molecule has 0 atom stereocenters. The van der Waals surface area contributed by atoms with Gasteiger partial charge in [0, 0.05) is 6.20 Å². The minimum Gasteiger partial charge on any atom is -0.455 e. The summed E-state index contributed by atoms with van der Waals surface area (Å²) in [6.07, 6.45) is -3.45. The molecule has 0 spiro atoms. The molecule has 87 valence electrons. The van der Waals surface area contributed by atoms with Crippen molar-refractivity contribution in [3.63, 3.8) is 0 Å². The largest absolute Gasteiger partial charge is 0.455 e. The molecule has 2 aromatic rings. The summed E-state index contributed by atoms with van der Waals surface area (Å²) in [5.41, 5.74) is -1.03. The lowest BCUT2D eigenvalue weighted by Gasteiger charge is -2.11. The second-order valence-electron chi connectivity index (χ2n) is 3.19. The molecule has 0 fully saturated rings. The van der Waals surface area contributed by atoms with Crippen LogP contribution in [0.2, 0.25) is 0 Å². The zero-order valence-corrected chi connectivity index (χ0v) is 8.53. The van der Waals surface area contributed by atoms with Gasteiger partial charge in [0.05, 0.1) is 0 Å². The van der Waals surface area contributed by atoms with E-state index in [4.69, 9.17) is 4.74 Å². The van der Waals surface area contributed by atoms with Gasteiger partial charge in [-0.25, -0.2) is 4.98 Å². The van der Waals surface area contributed by atoms with E-state index >= 15 is 0 Å². The molecule has 0 saturated carbocycles. The monoisotopic (exact) mass is 238 g/mol. The summed E-state index contributed by atoms with van der Waals surface area (Å²) < 4.78 is 42.9. The summed E-state index contributed by atoms with van der Waals surface area (Å²) in [6, 6.07) is 11.5. The van der Waals surface area contributed by atoms with Crippen LogP contribution < -0.4 is 4.74 Å². The Kier molecular flexibility index (Phi) is 2.99. The predicted molar refractivity (Wildman–Crippen MR) is 54.6 cm³/mol.